The van der Waals surface area contributed by atoms with E-state index in [2.05, 4.69) is 46.6 Å². The van der Waals surface area contributed by atoms with E-state index in [1.165, 1.54) is 26.5 Å². The quantitative estimate of drug-likeness (QED) is 0.0242. The molecule has 29 nitrogen and oxygen atoms in total. The van der Waals surface area contributed by atoms with Crippen molar-refractivity contribution in [1.82, 2.24) is 51.2 Å². The summed E-state index contributed by atoms with van der Waals surface area (Å²) in [6.45, 7) is 1.71. The number of aliphatic hydroxyl groups is 6. The largest absolute Gasteiger partial charge is 0.394 e. The number of carbonyl (C=O) groups excluding carboxylic acids is 5. The van der Waals surface area contributed by atoms with Crippen molar-refractivity contribution in [3.05, 3.63) is 12.7 Å². The van der Waals surface area contributed by atoms with Crippen LogP contribution in [0.1, 0.15) is 71.6 Å². The summed E-state index contributed by atoms with van der Waals surface area (Å²) in [6, 6.07) is -3.22. The Morgan fingerprint density at radius 2 is 1.33 bits per heavy atom. The normalized spacial score (nSPS) is 25.5. The molecule has 2 aliphatic heterocycles. The Kier molecular flexibility index (Phi) is 25.5. The van der Waals surface area contributed by atoms with Gasteiger partial charge in [0, 0.05) is 66.1 Å². The van der Waals surface area contributed by atoms with Crippen LogP contribution < -0.4 is 37.4 Å². The molecule has 30 heteroatoms. The minimum absolute atomic E-state index is 0.0102. The van der Waals surface area contributed by atoms with Crippen molar-refractivity contribution in [1.29, 1.82) is 0 Å². The van der Waals surface area contributed by atoms with Crippen molar-refractivity contribution in [3.63, 3.8) is 0 Å². The summed E-state index contributed by atoms with van der Waals surface area (Å²) in [5, 5.41) is 76.0. The Morgan fingerprint density at radius 3 is 1.90 bits per heavy atom. The Balaban J connectivity index is 1.19. The highest BCUT2D eigenvalue weighted by molar-refractivity contribution is 7.55. The summed E-state index contributed by atoms with van der Waals surface area (Å²) in [5.74, 6) is -2.06. The second kappa shape index (κ2) is 30.6. The Morgan fingerprint density at radius 1 is 0.750 bits per heavy atom. The van der Waals surface area contributed by atoms with Gasteiger partial charge in [0.1, 0.15) is 72.9 Å². The number of nitrogens with two attached hydrogens (primary N) is 1. The van der Waals surface area contributed by atoms with Crippen LogP contribution in [0.5, 0.6) is 0 Å². The third-order valence-corrected chi connectivity index (χ3v) is 12.8. The Labute approximate surface area is 415 Å². The summed E-state index contributed by atoms with van der Waals surface area (Å²) in [4.78, 5) is 85.0. The Bertz CT molecular complexity index is 2080. The number of unbranched alkanes of at least 4 members (excludes halogenated alkanes) is 3. The van der Waals surface area contributed by atoms with Gasteiger partial charge in [-0.2, -0.15) is 0 Å². The van der Waals surface area contributed by atoms with Gasteiger partial charge in [-0.05, 0) is 44.9 Å². The summed E-state index contributed by atoms with van der Waals surface area (Å²) in [5.41, 5.74) is 6.71. The van der Waals surface area contributed by atoms with Gasteiger partial charge in [0.15, 0.2) is 24.0 Å². The number of hydrogen-bond donors (Lipinski definition) is 14. The second-order valence-corrected chi connectivity index (χ2v) is 19.3. The number of rotatable bonds is 32. The molecule has 15 N–H and O–H groups in total. The van der Waals surface area contributed by atoms with Gasteiger partial charge in [0.25, 0.3) is 7.52 Å². The maximum atomic E-state index is 13.4. The highest BCUT2D eigenvalue weighted by Crippen LogP contribution is 2.34. The van der Waals surface area contributed by atoms with E-state index in [1.807, 2.05) is 0 Å². The second-order valence-electron chi connectivity index (χ2n) is 17.3. The maximum Gasteiger partial charge on any atom is 0.292 e. The number of nitrogens with one attached hydrogen (secondary N) is 6. The van der Waals surface area contributed by atoms with Crippen molar-refractivity contribution in [2.24, 2.45) is 0 Å². The lowest BCUT2D eigenvalue weighted by Crippen LogP contribution is -2.64. The number of hydrogen-bond acceptors (Lipinski definition) is 21. The minimum atomic E-state index is -3.99. The predicted molar refractivity (Wildman–Crippen MR) is 251 cm³/mol. The number of aromatic nitrogens is 4. The summed E-state index contributed by atoms with van der Waals surface area (Å²) >= 11 is 0. The molecule has 0 saturated carbocycles. The first-order valence-electron chi connectivity index (χ1n) is 23.8. The molecule has 2 aliphatic rings. The molecule has 3 unspecified atom stereocenters. The highest BCUT2D eigenvalue weighted by Gasteiger charge is 2.46. The van der Waals surface area contributed by atoms with Gasteiger partial charge in [0.2, 0.25) is 29.5 Å². The van der Waals surface area contributed by atoms with E-state index in [0.29, 0.717) is 43.3 Å². The average molecular weight is 1050 g/mol. The topological polar surface area (TPSA) is 432 Å². The molecule has 72 heavy (non-hydrogen) atoms. The number of nitrogens with zero attached hydrogens (tertiary/aromatic N) is 4. The molecular weight excluding hydrogens is 977 g/mol. The molecule has 4 heterocycles. The first kappa shape index (κ1) is 60.0. The van der Waals surface area contributed by atoms with Gasteiger partial charge < -0.3 is 96.1 Å². The molecule has 4 rings (SSSR count). The van der Waals surface area contributed by atoms with E-state index in [1.54, 1.807) is 4.57 Å². The van der Waals surface area contributed by atoms with E-state index in [9.17, 15) is 64.1 Å². The molecule has 0 spiro atoms. The number of ether oxygens (including phenoxy) is 5. The van der Waals surface area contributed by atoms with Crippen LogP contribution in [0.15, 0.2) is 12.7 Å². The fourth-order valence-electron chi connectivity index (χ4n) is 7.72. The fraction of sp³-hybridized carbons (Fsp3) is 0.762. The lowest BCUT2D eigenvalue weighted by atomic mass is 9.97. The molecule has 0 radical (unpaired) electrons. The molecule has 2 saturated heterocycles. The maximum absolute atomic E-state index is 13.4. The number of nitrogen functional groups attached to an aromatic ring is 1. The van der Waals surface area contributed by atoms with Gasteiger partial charge in [-0.3, -0.25) is 28.5 Å². The van der Waals surface area contributed by atoms with Gasteiger partial charge in [-0.15, -0.1) is 0 Å². The van der Waals surface area contributed by atoms with E-state index in [4.69, 9.17) is 29.4 Å². The number of fused-ring (bicyclic) bond motifs is 1. The molecule has 2 fully saturated rings. The summed E-state index contributed by atoms with van der Waals surface area (Å²) in [7, 11) is -3.99. The molecule has 5 amide bonds. The lowest BCUT2D eigenvalue weighted by molar-refractivity contribution is -0.270. The first-order valence-corrected chi connectivity index (χ1v) is 25.6. The molecule has 408 valence electrons. The number of aliphatic hydroxyl groups excluding tert-OH is 6. The van der Waals surface area contributed by atoms with Crippen LogP contribution in [0.3, 0.4) is 0 Å². The number of amides is 5. The molecule has 0 aromatic carbocycles. The SMILES string of the molecule is CC(=O)N[C@H]1C(OCCCCC(=O)NCCCC[C@H](NC(=O)CCCCOC2O[C@H](CO)[C@H](O)[C@H](O)[C@H]2NC(C)=O)C(=O)NCCNP(=O)(O)COCCn2cnc3c(N)ncnc32)O[C@H](CO)[C@H](O)[C@@H]1O. The van der Waals surface area contributed by atoms with Gasteiger partial charge >= 0.3 is 0 Å². The number of anilines is 1. The van der Waals surface area contributed by atoms with Gasteiger partial charge in [-0.1, -0.05) is 0 Å². The molecule has 12 atom stereocenters. The first-order chi connectivity index (χ1) is 34.3. The lowest BCUT2D eigenvalue weighted by Gasteiger charge is -2.42. The highest BCUT2D eigenvalue weighted by atomic mass is 31.2. The molecule has 2 aromatic rings. The van der Waals surface area contributed by atoms with Crippen LogP contribution in [0.4, 0.5) is 5.82 Å². The predicted octanol–water partition coefficient (Wildman–Crippen LogP) is -4.69. The zero-order chi connectivity index (χ0) is 52.8. The van der Waals surface area contributed by atoms with Crippen molar-refractivity contribution < 1.29 is 87.8 Å². The van der Waals surface area contributed by atoms with Crippen molar-refractivity contribution in [2.45, 2.75) is 146 Å². The Hall–Kier alpha value is -4.59. The van der Waals surface area contributed by atoms with Gasteiger partial charge in [-0.25, -0.2) is 20.0 Å². The molecule has 0 aliphatic carbocycles. The van der Waals surface area contributed by atoms with Crippen LogP contribution in [-0.4, -0.2) is 211 Å². The van der Waals surface area contributed by atoms with Crippen LogP contribution in [-0.2, 0) is 58.8 Å². The summed E-state index contributed by atoms with van der Waals surface area (Å²) < 4.78 is 42.3. The monoisotopic (exact) mass is 1050 g/mol. The van der Waals surface area contributed by atoms with Crippen LogP contribution >= 0.6 is 7.52 Å². The zero-order valence-corrected chi connectivity index (χ0v) is 41.3. The smallest absolute Gasteiger partial charge is 0.292 e. The van der Waals surface area contributed by atoms with E-state index < -0.39 is 118 Å². The number of imidazole rings is 1. The summed E-state index contributed by atoms with van der Waals surface area (Å²) in [6.07, 6.45) is -5.70. The van der Waals surface area contributed by atoms with E-state index in [-0.39, 0.29) is 83.4 Å². The van der Waals surface area contributed by atoms with Crippen molar-refractivity contribution in [3.8, 4) is 0 Å². The van der Waals surface area contributed by atoms with Crippen LogP contribution in [0, 0.1) is 0 Å². The standard InChI is InChI=1S/C42H72N11O18P/c1-24(56)50-31-36(62)34(60)27(19-54)70-41(31)68-16-7-4-10-29(58)44-12-6-3-9-26(52-30(59)11-5-8-17-69-42-32(51-25(2)57)37(63)35(61)28(20-55)71-42)40(64)45-13-14-49-72(65,66)23-67-18-15-53-22-48-33-38(43)46-21-47-39(33)53/h21-22,26-28,31-32,34-37,41-42,54-55,60-63H,3-20,23H2,1-2H3,(H,44,58)(H,45,64)(H,50,56)(H,51,57)(H,52,59)(H2,43,46,47)(H2,49,65,66)/t26-,27+,28+,31+,32+,34-,35-,36+,37+,41?,42?/m0/s1. The third-order valence-electron chi connectivity index (χ3n) is 11.5. The molecular formula is C42H72N11O18P. The van der Waals surface area contributed by atoms with Crippen LogP contribution in [0.2, 0.25) is 0 Å². The van der Waals surface area contributed by atoms with Gasteiger partial charge in [0.05, 0.1) is 26.1 Å². The fourth-order valence-corrected chi connectivity index (χ4v) is 8.65. The average Bonchev–Trinajstić information content (AvgIpc) is 3.76. The van der Waals surface area contributed by atoms with E-state index in [0.717, 1.165) is 0 Å². The third kappa shape index (κ3) is 19.4. The minimum Gasteiger partial charge on any atom is -0.394 e. The van der Waals surface area contributed by atoms with Crippen LogP contribution in [0.25, 0.3) is 11.2 Å². The molecule has 0 bridgehead atoms. The molecule has 2 aromatic heterocycles. The van der Waals surface area contributed by atoms with Crippen molar-refractivity contribution in [2.75, 3.05) is 64.8 Å². The number of carbonyl (C=O) groups is 5. The van der Waals surface area contributed by atoms with Crippen molar-refractivity contribution >= 4 is 54.0 Å². The zero-order valence-electron chi connectivity index (χ0n) is 40.4. The van der Waals surface area contributed by atoms with E-state index >= 15 is 0 Å².